The average molecular weight is 256 g/mol. The molecule has 2 aromatic carbocycles. The van der Waals surface area contributed by atoms with Crippen LogP contribution in [0.1, 0.15) is 32.4 Å². The summed E-state index contributed by atoms with van der Waals surface area (Å²) in [7, 11) is 0. The largest absolute Gasteiger partial charge is 0.348 e. The van der Waals surface area contributed by atoms with Crippen molar-refractivity contribution >= 4 is 16.7 Å². The van der Waals surface area contributed by atoms with E-state index in [4.69, 9.17) is 5.73 Å². The number of hydrogen-bond donors (Lipinski definition) is 2. The van der Waals surface area contributed by atoms with Crippen molar-refractivity contribution in [1.82, 2.24) is 5.32 Å². The van der Waals surface area contributed by atoms with E-state index >= 15 is 0 Å². The van der Waals surface area contributed by atoms with Gasteiger partial charge in [0.2, 0.25) is 5.91 Å². The standard InChI is InChI=1S/C16H20N2O/c1-11(18-15(19)16(2,3)17)13-10-6-8-12-7-4-5-9-14(12)13/h4-11H,17H2,1-3H3,(H,18,19). The Labute approximate surface area is 113 Å². The van der Waals surface area contributed by atoms with E-state index in [-0.39, 0.29) is 11.9 Å². The third-order valence-electron chi connectivity index (χ3n) is 3.22. The number of carbonyl (C=O) groups is 1. The number of nitrogens with one attached hydrogen (secondary N) is 1. The highest BCUT2D eigenvalue weighted by Gasteiger charge is 2.23. The highest BCUT2D eigenvalue weighted by atomic mass is 16.2. The minimum Gasteiger partial charge on any atom is -0.348 e. The number of nitrogens with two attached hydrogens (primary N) is 1. The van der Waals surface area contributed by atoms with E-state index in [1.165, 1.54) is 5.39 Å². The first-order valence-electron chi connectivity index (χ1n) is 6.47. The number of fused-ring (bicyclic) bond motifs is 1. The molecule has 1 amide bonds. The molecular weight excluding hydrogens is 236 g/mol. The van der Waals surface area contributed by atoms with Gasteiger partial charge in [-0.1, -0.05) is 42.5 Å². The van der Waals surface area contributed by atoms with Crippen LogP contribution >= 0.6 is 0 Å². The van der Waals surface area contributed by atoms with Crippen LogP contribution in [0.3, 0.4) is 0 Å². The van der Waals surface area contributed by atoms with Crippen molar-refractivity contribution in [3.8, 4) is 0 Å². The van der Waals surface area contributed by atoms with E-state index in [1.807, 2.05) is 31.2 Å². The van der Waals surface area contributed by atoms with Gasteiger partial charge >= 0.3 is 0 Å². The molecule has 0 fully saturated rings. The first-order valence-corrected chi connectivity index (χ1v) is 6.47. The smallest absolute Gasteiger partial charge is 0.239 e. The molecule has 0 aliphatic rings. The molecule has 0 heterocycles. The van der Waals surface area contributed by atoms with Gasteiger partial charge in [0.15, 0.2) is 0 Å². The van der Waals surface area contributed by atoms with Crippen LogP contribution in [0.15, 0.2) is 42.5 Å². The zero-order valence-electron chi connectivity index (χ0n) is 11.6. The van der Waals surface area contributed by atoms with Crippen molar-refractivity contribution in [2.75, 3.05) is 0 Å². The van der Waals surface area contributed by atoms with Gasteiger partial charge in [-0.2, -0.15) is 0 Å². The lowest BCUT2D eigenvalue weighted by molar-refractivity contribution is -0.125. The first kappa shape index (κ1) is 13.6. The maximum Gasteiger partial charge on any atom is 0.239 e. The molecule has 0 saturated heterocycles. The lowest BCUT2D eigenvalue weighted by Gasteiger charge is -2.23. The molecule has 3 N–H and O–H groups in total. The highest BCUT2D eigenvalue weighted by molar-refractivity contribution is 5.88. The highest BCUT2D eigenvalue weighted by Crippen LogP contribution is 2.24. The first-order chi connectivity index (χ1) is 8.89. The summed E-state index contributed by atoms with van der Waals surface area (Å²) in [6.07, 6.45) is 0. The average Bonchev–Trinajstić information content (AvgIpc) is 2.36. The van der Waals surface area contributed by atoms with E-state index in [1.54, 1.807) is 13.8 Å². The zero-order valence-corrected chi connectivity index (χ0v) is 11.6. The summed E-state index contributed by atoms with van der Waals surface area (Å²) in [6, 6.07) is 14.2. The second-order valence-corrected chi connectivity index (χ2v) is 5.49. The van der Waals surface area contributed by atoms with Gasteiger partial charge < -0.3 is 11.1 Å². The van der Waals surface area contributed by atoms with Crippen molar-refractivity contribution in [3.05, 3.63) is 48.0 Å². The molecule has 1 unspecified atom stereocenters. The van der Waals surface area contributed by atoms with Gasteiger partial charge in [0.1, 0.15) is 0 Å². The monoisotopic (exact) mass is 256 g/mol. The Morgan fingerprint density at radius 3 is 2.47 bits per heavy atom. The Morgan fingerprint density at radius 2 is 1.79 bits per heavy atom. The van der Waals surface area contributed by atoms with Crippen LogP contribution in [0.2, 0.25) is 0 Å². The minimum absolute atomic E-state index is 0.0681. The van der Waals surface area contributed by atoms with Crippen molar-refractivity contribution in [1.29, 1.82) is 0 Å². The summed E-state index contributed by atoms with van der Waals surface area (Å²) >= 11 is 0. The molecule has 0 saturated carbocycles. The molecule has 1 atom stereocenters. The Kier molecular flexibility index (Phi) is 3.58. The van der Waals surface area contributed by atoms with Crippen LogP contribution < -0.4 is 11.1 Å². The fraction of sp³-hybridized carbons (Fsp3) is 0.312. The predicted octanol–water partition coefficient (Wildman–Crippen LogP) is 2.75. The fourth-order valence-corrected chi connectivity index (χ4v) is 2.09. The molecule has 0 aliphatic carbocycles. The molecule has 3 heteroatoms. The molecule has 0 bridgehead atoms. The third kappa shape index (κ3) is 2.93. The Bertz CT molecular complexity index is 594. The lowest BCUT2D eigenvalue weighted by Crippen LogP contribution is -2.49. The van der Waals surface area contributed by atoms with Crippen LogP contribution in [-0.4, -0.2) is 11.4 Å². The number of amides is 1. The molecule has 0 aliphatic heterocycles. The van der Waals surface area contributed by atoms with E-state index in [0.29, 0.717) is 0 Å². The summed E-state index contributed by atoms with van der Waals surface area (Å²) in [5, 5.41) is 5.30. The van der Waals surface area contributed by atoms with Crippen LogP contribution in [0.5, 0.6) is 0 Å². The normalized spacial score (nSPS) is 13.3. The van der Waals surface area contributed by atoms with Crippen molar-refractivity contribution in [2.24, 2.45) is 5.73 Å². The van der Waals surface area contributed by atoms with Gasteiger partial charge in [0, 0.05) is 0 Å². The molecule has 3 nitrogen and oxygen atoms in total. The number of benzene rings is 2. The van der Waals surface area contributed by atoms with Crippen molar-refractivity contribution < 1.29 is 4.79 Å². The van der Waals surface area contributed by atoms with E-state index in [0.717, 1.165) is 10.9 Å². The van der Waals surface area contributed by atoms with Crippen molar-refractivity contribution in [2.45, 2.75) is 32.4 Å². The Hall–Kier alpha value is -1.87. The summed E-state index contributed by atoms with van der Waals surface area (Å²) in [4.78, 5) is 11.9. The van der Waals surface area contributed by atoms with E-state index in [2.05, 4.69) is 23.5 Å². The second kappa shape index (κ2) is 5.02. The van der Waals surface area contributed by atoms with Gasteiger partial charge in [0.25, 0.3) is 0 Å². The molecule has 2 rings (SSSR count). The number of carbonyl (C=O) groups excluding carboxylic acids is 1. The molecule has 0 aromatic heterocycles. The van der Waals surface area contributed by atoms with Gasteiger partial charge in [-0.25, -0.2) is 0 Å². The van der Waals surface area contributed by atoms with Gasteiger partial charge in [-0.05, 0) is 37.1 Å². The van der Waals surface area contributed by atoms with Crippen molar-refractivity contribution in [3.63, 3.8) is 0 Å². The quantitative estimate of drug-likeness (QED) is 0.887. The summed E-state index contributed by atoms with van der Waals surface area (Å²) < 4.78 is 0. The Balaban J connectivity index is 2.32. The van der Waals surface area contributed by atoms with Gasteiger partial charge in [-0.15, -0.1) is 0 Å². The van der Waals surface area contributed by atoms with E-state index < -0.39 is 5.54 Å². The molecule has 19 heavy (non-hydrogen) atoms. The van der Waals surface area contributed by atoms with Crippen LogP contribution in [-0.2, 0) is 4.79 Å². The fourth-order valence-electron chi connectivity index (χ4n) is 2.09. The topological polar surface area (TPSA) is 55.1 Å². The molecule has 2 aromatic rings. The minimum atomic E-state index is -0.862. The van der Waals surface area contributed by atoms with Gasteiger partial charge in [-0.3, -0.25) is 4.79 Å². The van der Waals surface area contributed by atoms with E-state index in [9.17, 15) is 4.79 Å². The number of hydrogen-bond acceptors (Lipinski definition) is 2. The van der Waals surface area contributed by atoms with Crippen LogP contribution in [0.4, 0.5) is 0 Å². The summed E-state index contributed by atoms with van der Waals surface area (Å²) in [6.45, 7) is 5.39. The Morgan fingerprint density at radius 1 is 1.16 bits per heavy atom. The molecule has 0 radical (unpaired) electrons. The zero-order chi connectivity index (χ0) is 14.0. The SMILES string of the molecule is CC(NC(=O)C(C)(C)N)c1cccc2ccccc12. The van der Waals surface area contributed by atoms with Crippen LogP contribution in [0.25, 0.3) is 10.8 Å². The third-order valence-corrected chi connectivity index (χ3v) is 3.22. The maximum absolute atomic E-state index is 11.9. The summed E-state index contributed by atoms with van der Waals surface area (Å²) in [5.41, 5.74) is 6.05. The lowest BCUT2D eigenvalue weighted by atomic mass is 9.98. The summed E-state index contributed by atoms with van der Waals surface area (Å²) in [5.74, 6) is -0.145. The predicted molar refractivity (Wildman–Crippen MR) is 78.8 cm³/mol. The van der Waals surface area contributed by atoms with Crippen LogP contribution in [0, 0.1) is 0 Å². The molecule has 0 spiro atoms. The molecule has 100 valence electrons. The molecular formula is C16H20N2O. The maximum atomic E-state index is 11.9. The van der Waals surface area contributed by atoms with Gasteiger partial charge in [0.05, 0.1) is 11.6 Å². The second-order valence-electron chi connectivity index (χ2n) is 5.49. The number of rotatable bonds is 3.